The first-order valence-corrected chi connectivity index (χ1v) is 10.5. The largest absolute Gasteiger partial charge is 0.416 e. The molecule has 0 amide bonds. The lowest BCUT2D eigenvalue weighted by Gasteiger charge is -2.40. The molecule has 2 aromatic carbocycles. The maximum Gasteiger partial charge on any atom is 0.416 e. The number of benzene rings is 2. The molecule has 0 saturated carbocycles. The van der Waals surface area contributed by atoms with Crippen LogP contribution in [0, 0.1) is 5.82 Å². The first kappa shape index (κ1) is 23.1. The van der Waals surface area contributed by atoms with E-state index < -0.39 is 17.8 Å². The molecule has 0 radical (unpaired) electrons. The number of hydrogen-bond acceptors (Lipinski definition) is 6. The minimum atomic E-state index is -4.41. The third-order valence-electron chi connectivity index (χ3n) is 5.74. The Kier molecular flexibility index (Phi) is 6.89. The number of hydrogen-bond donors (Lipinski definition) is 0. The van der Waals surface area contributed by atoms with Crippen molar-refractivity contribution in [3.05, 3.63) is 71.3 Å². The van der Waals surface area contributed by atoms with E-state index in [1.54, 1.807) is 23.9 Å². The van der Waals surface area contributed by atoms with Crippen molar-refractivity contribution in [1.82, 2.24) is 25.1 Å². The fraction of sp³-hybridized carbons (Fsp3) is 0.409. The molecule has 176 valence electrons. The van der Waals surface area contributed by atoms with Gasteiger partial charge in [-0.05, 0) is 52.4 Å². The number of rotatable bonds is 7. The third-order valence-corrected chi connectivity index (χ3v) is 5.74. The molecule has 0 spiro atoms. The molecule has 0 aliphatic carbocycles. The van der Waals surface area contributed by atoms with Gasteiger partial charge in [0.25, 0.3) is 0 Å². The Morgan fingerprint density at radius 3 is 2.24 bits per heavy atom. The minimum Gasteiger partial charge on any atom is -0.383 e. The maximum atomic E-state index is 13.3. The molecular formula is C22H24F4N6O. The lowest BCUT2D eigenvalue weighted by molar-refractivity contribution is -0.137. The highest BCUT2D eigenvalue weighted by atomic mass is 19.4. The van der Waals surface area contributed by atoms with Gasteiger partial charge in [-0.2, -0.15) is 13.2 Å². The van der Waals surface area contributed by atoms with E-state index in [-0.39, 0.29) is 5.82 Å². The van der Waals surface area contributed by atoms with Crippen LogP contribution in [0.4, 0.5) is 23.2 Å². The van der Waals surface area contributed by atoms with Crippen molar-refractivity contribution in [2.24, 2.45) is 0 Å². The SMILES string of the molecule is COCCn1nnnc1[C@H](c1ccc(C(F)(F)F)cc1)N1CCN(c2ccc(F)cc2)CC1. The average Bonchev–Trinajstić information content (AvgIpc) is 3.27. The van der Waals surface area contributed by atoms with Crippen molar-refractivity contribution in [2.45, 2.75) is 18.8 Å². The minimum absolute atomic E-state index is 0.289. The normalized spacial score (nSPS) is 16.2. The lowest BCUT2D eigenvalue weighted by atomic mass is 10.0. The Hall–Kier alpha value is -3.05. The van der Waals surface area contributed by atoms with Crippen LogP contribution in [0.5, 0.6) is 0 Å². The van der Waals surface area contributed by atoms with Gasteiger partial charge in [0.05, 0.1) is 24.8 Å². The Labute approximate surface area is 188 Å². The van der Waals surface area contributed by atoms with Gasteiger partial charge in [-0.1, -0.05) is 12.1 Å². The summed E-state index contributed by atoms with van der Waals surface area (Å²) >= 11 is 0. The summed E-state index contributed by atoms with van der Waals surface area (Å²) in [6.07, 6.45) is -4.41. The summed E-state index contributed by atoms with van der Waals surface area (Å²) in [7, 11) is 1.58. The molecule has 1 aromatic heterocycles. The number of piperazine rings is 1. The Bertz CT molecular complexity index is 1030. The van der Waals surface area contributed by atoms with Gasteiger partial charge in [-0.3, -0.25) is 4.90 Å². The van der Waals surface area contributed by atoms with Gasteiger partial charge in [-0.25, -0.2) is 9.07 Å². The van der Waals surface area contributed by atoms with Crippen molar-refractivity contribution in [1.29, 1.82) is 0 Å². The van der Waals surface area contributed by atoms with Crippen LogP contribution >= 0.6 is 0 Å². The molecule has 0 N–H and O–H groups in total. The molecule has 4 rings (SSSR count). The zero-order chi connectivity index (χ0) is 23.4. The van der Waals surface area contributed by atoms with Crippen LogP contribution in [0.15, 0.2) is 48.5 Å². The Balaban J connectivity index is 1.60. The molecule has 0 bridgehead atoms. The fourth-order valence-corrected chi connectivity index (χ4v) is 4.01. The maximum absolute atomic E-state index is 13.3. The summed E-state index contributed by atoms with van der Waals surface area (Å²) in [5.41, 5.74) is 0.892. The fourth-order valence-electron chi connectivity index (χ4n) is 4.01. The van der Waals surface area contributed by atoms with Crippen molar-refractivity contribution < 1.29 is 22.3 Å². The van der Waals surface area contributed by atoms with Gasteiger partial charge in [0.1, 0.15) is 5.82 Å². The molecule has 2 heterocycles. The first-order valence-electron chi connectivity index (χ1n) is 10.5. The predicted octanol–water partition coefficient (Wildman–Crippen LogP) is 3.39. The first-order chi connectivity index (χ1) is 15.9. The molecule has 1 aliphatic rings. The number of nitrogens with zero attached hydrogens (tertiary/aromatic N) is 6. The average molecular weight is 464 g/mol. The number of anilines is 1. The van der Waals surface area contributed by atoms with Crippen LogP contribution in [0.2, 0.25) is 0 Å². The molecule has 33 heavy (non-hydrogen) atoms. The van der Waals surface area contributed by atoms with Gasteiger partial charge in [0, 0.05) is 39.0 Å². The van der Waals surface area contributed by atoms with E-state index in [2.05, 4.69) is 25.3 Å². The van der Waals surface area contributed by atoms with Gasteiger partial charge >= 0.3 is 6.18 Å². The van der Waals surface area contributed by atoms with Crippen LogP contribution in [0.1, 0.15) is 23.0 Å². The van der Waals surface area contributed by atoms with E-state index in [9.17, 15) is 17.6 Å². The second-order valence-corrected chi connectivity index (χ2v) is 7.77. The molecular weight excluding hydrogens is 440 g/mol. The van der Waals surface area contributed by atoms with Crippen molar-refractivity contribution in [3.8, 4) is 0 Å². The van der Waals surface area contributed by atoms with Crippen molar-refractivity contribution >= 4 is 5.69 Å². The van der Waals surface area contributed by atoms with Gasteiger partial charge in [-0.15, -0.1) is 5.10 Å². The third kappa shape index (κ3) is 5.31. The molecule has 11 heteroatoms. The topological polar surface area (TPSA) is 59.3 Å². The second kappa shape index (κ2) is 9.84. The summed E-state index contributed by atoms with van der Waals surface area (Å²) in [6.45, 7) is 3.41. The highest BCUT2D eigenvalue weighted by molar-refractivity contribution is 5.46. The van der Waals surface area contributed by atoms with E-state index in [0.717, 1.165) is 17.8 Å². The highest BCUT2D eigenvalue weighted by Gasteiger charge is 2.33. The van der Waals surface area contributed by atoms with Gasteiger partial charge < -0.3 is 9.64 Å². The van der Waals surface area contributed by atoms with Crippen LogP contribution in [-0.2, 0) is 17.5 Å². The number of ether oxygens (including phenoxy) is 1. The number of tetrazole rings is 1. The predicted molar refractivity (Wildman–Crippen MR) is 113 cm³/mol. The highest BCUT2D eigenvalue weighted by Crippen LogP contribution is 2.33. The molecule has 7 nitrogen and oxygen atoms in total. The summed E-state index contributed by atoms with van der Waals surface area (Å²) in [5, 5.41) is 12.1. The molecule has 0 unspecified atom stereocenters. The molecule has 1 fully saturated rings. The lowest BCUT2D eigenvalue weighted by Crippen LogP contribution is -2.48. The summed E-state index contributed by atoms with van der Waals surface area (Å²) in [5.74, 6) is 0.254. The number of halogens is 4. The Morgan fingerprint density at radius 1 is 0.970 bits per heavy atom. The quantitative estimate of drug-likeness (QED) is 0.500. The van der Waals surface area contributed by atoms with Crippen molar-refractivity contribution in [2.75, 3.05) is 44.8 Å². The van der Waals surface area contributed by atoms with Crippen LogP contribution in [-0.4, -0.2) is 65.0 Å². The zero-order valence-electron chi connectivity index (χ0n) is 18.0. The van der Waals surface area contributed by atoms with E-state index in [1.165, 1.54) is 24.3 Å². The molecule has 1 saturated heterocycles. The van der Waals surface area contributed by atoms with Gasteiger partial charge in [0.15, 0.2) is 5.82 Å². The smallest absolute Gasteiger partial charge is 0.383 e. The van der Waals surface area contributed by atoms with E-state index in [0.29, 0.717) is 50.7 Å². The summed E-state index contributed by atoms with van der Waals surface area (Å²) in [6, 6.07) is 11.0. The van der Waals surface area contributed by atoms with Crippen LogP contribution < -0.4 is 4.90 Å². The Morgan fingerprint density at radius 2 is 1.64 bits per heavy atom. The number of methoxy groups -OCH3 is 1. The van der Waals surface area contributed by atoms with E-state index >= 15 is 0 Å². The van der Waals surface area contributed by atoms with E-state index in [4.69, 9.17) is 4.74 Å². The molecule has 3 aromatic rings. The van der Waals surface area contributed by atoms with Crippen molar-refractivity contribution in [3.63, 3.8) is 0 Å². The van der Waals surface area contributed by atoms with Crippen LogP contribution in [0.3, 0.4) is 0 Å². The number of alkyl halides is 3. The second-order valence-electron chi connectivity index (χ2n) is 7.77. The number of aromatic nitrogens is 4. The molecule has 1 aliphatic heterocycles. The molecule has 1 atom stereocenters. The summed E-state index contributed by atoms with van der Waals surface area (Å²) in [4.78, 5) is 4.30. The standard InChI is InChI=1S/C22H24F4N6O/c1-33-15-14-32-21(27-28-29-32)20(16-2-4-17(5-3-16)22(24,25)26)31-12-10-30(11-13-31)19-8-6-18(23)7-9-19/h2-9,20H,10-15H2,1H3/t20-/m0/s1. The zero-order valence-corrected chi connectivity index (χ0v) is 18.0. The van der Waals surface area contributed by atoms with E-state index in [1.807, 2.05) is 0 Å². The van der Waals surface area contributed by atoms with Crippen LogP contribution in [0.25, 0.3) is 0 Å². The summed E-state index contributed by atoms with van der Waals surface area (Å²) < 4.78 is 59.3. The van der Waals surface area contributed by atoms with Gasteiger partial charge in [0.2, 0.25) is 0 Å². The monoisotopic (exact) mass is 464 g/mol.